The molecule has 0 atom stereocenters. The number of nitrogen functional groups attached to an aromatic ring is 1. The van der Waals surface area contributed by atoms with Crippen LogP contribution in [-0.4, -0.2) is 18.3 Å². The molecular formula is C6H6F2N4O4S. The summed E-state index contributed by atoms with van der Waals surface area (Å²) in [7, 11) is -4.45. The number of sulfonamides is 1. The quantitative estimate of drug-likeness (QED) is 0.590. The maximum Gasteiger partial charge on any atom is 0.365 e. The Balaban J connectivity index is 3.67. The minimum atomic E-state index is -4.45. The summed E-state index contributed by atoms with van der Waals surface area (Å²) in [6.45, 7) is 0. The first-order chi connectivity index (χ1) is 7.64. The normalized spacial score (nSPS) is 11.8. The first-order valence-corrected chi connectivity index (χ1v) is 5.45. The SMILES string of the molecule is Nc1c(S(N)(=O)=O)cc([N+](=O)[O-])nc1C(F)F. The summed E-state index contributed by atoms with van der Waals surface area (Å²) in [4.78, 5) is 11.3. The van der Waals surface area contributed by atoms with E-state index in [1.54, 1.807) is 0 Å². The number of hydrogen-bond acceptors (Lipinski definition) is 6. The van der Waals surface area contributed by atoms with Crippen LogP contribution in [0.2, 0.25) is 0 Å². The van der Waals surface area contributed by atoms with Crippen molar-refractivity contribution < 1.29 is 22.1 Å². The van der Waals surface area contributed by atoms with E-state index in [-0.39, 0.29) is 0 Å². The molecule has 1 heterocycles. The summed E-state index contributed by atoms with van der Waals surface area (Å²) >= 11 is 0. The standard InChI is InChI=1S/C6H6F2N4O4S/c7-6(8)5-4(9)2(17(10,15)16)1-3(11-5)12(13)14/h1,6H,9H2,(H2,10,15,16). The van der Waals surface area contributed by atoms with Crippen molar-refractivity contribution in [1.82, 2.24) is 4.98 Å². The summed E-state index contributed by atoms with van der Waals surface area (Å²) < 4.78 is 46.9. The van der Waals surface area contributed by atoms with E-state index in [0.717, 1.165) is 0 Å². The molecular weight excluding hydrogens is 262 g/mol. The maximum absolute atomic E-state index is 12.4. The van der Waals surface area contributed by atoms with E-state index >= 15 is 0 Å². The Kier molecular flexibility index (Phi) is 3.24. The zero-order chi connectivity index (χ0) is 13.4. The zero-order valence-corrected chi connectivity index (χ0v) is 8.82. The van der Waals surface area contributed by atoms with Gasteiger partial charge in [-0.05, 0) is 9.91 Å². The molecule has 4 N–H and O–H groups in total. The number of alkyl halides is 2. The van der Waals surface area contributed by atoms with Crippen LogP contribution in [0.5, 0.6) is 0 Å². The van der Waals surface area contributed by atoms with Crippen LogP contribution in [0.15, 0.2) is 11.0 Å². The van der Waals surface area contributed by atoms with Gasteiger partial charge in [-0.25, -0.2) is 22.3 Å². The van der Waals surface area contributed by atoms with Gasteiger partial charge < -0.3 is 15.8 Å². The number of aromatic nitrogens is 1. The summed E-state index contributed by atoms with van der Waals surface area (Å²) in [6.07, 6.45) is -3.25. The Labute approximate surface area is 93.4 Å². The number of nitrogens with zero attached hydrogens (tertiary/aromatic N) is 2. The third-order valence-corrected chi connectivity index (χ3v) is 2.69. The number of nitrogens with two attached hydrogens (primary N) is 2. The van der Waals surface area contributed by atoms with Gasteiger partial charge in [0.15, 0.2) is 0 Å². The first-order valence-electron chi connectivity index (χ1n) is 3.90. The van der Waals surface area contributed by atoms with Gasteiger partial charge >= 0.3 is 12.2 Å². The highest BCUT2D eigenvalue weighted by molar-refractivity contribution is 7.89. The van der Waals surface area contributed by atoms with Crippen molar-refractivity contribution in [3.63, 3.8) is 0 Å². The monoisotopic (exact) mass is 268 g/mol. The molecule has 0 bridgehead atoms. The average molecular weight is 268 g/mol. The van der Waals surface area contributed by atoms with Crippen LogP contribution in [0, 0.1) is 10.1 Å². The molecule has 0 radical (unpaired) electrons. The molecule has 8 nitrogen and oxygen atoms in total. The molecule has 11 heteroatoms. The molecule has 1 aromatic heterocycles. The van der Waals surface area contributed by atoms with Crippen molar-refractivity contribution in [2.75, 3.05) is 5.73 Å². The highest BCUT2D eigenvalue weighted by Crippen LogP contribution is 2.30. The molecule has 0 aliphatic rings. The number of halogens is 2. The number of nitro groups is 1. The maximum atomic E-state index is 12.4. The number of primary sulfonamides is 1. The highest BCUT2D eigenvalue weighted by atomic mass is 32.2. The predicted molar refractivity (Wildman–Crippen MR) is 51.6 cm³/mol. The molecule has 0 fully saturated rings. The summed E-state index contributed by atoms with van der Waals surface area (Å²) in [6, 6.07) is 0.427. The fraction of sp³-hybridized carbons (Fsp3) is 0.167. The summed E-state index contributed by atoms with van der Waals surface area (Å²) in [5.74, 6) is -1.07. The van der Waals surface area contributed by atoms with Crippen molar-refractivity contribution in [3.05, 3.63) is 21.9 Å². The van der Waals surface area contributed by atoms with E-state index in [0.29, 0.717) is 6.07 Å². The molecule has 1 rings (SSSR count). The zero-order valence-electron chi connectivity index (χ0n) is 8.00. The van der Waals surface area contributed by atoms with Gasteiger partial charge in [0, 0.05) is 0 Å². The molecule has 0 saturated heterocycles. The molecule has 0 amide bonds. The second-order valence-corrected chi connectivity index (χ2v) is 4.41. The number of anilines is 1. The van der Waals surface area contributed by atoms with Gasteiger partial charge in [0.1, 0.15) is 10.6 Å². The number of pyridine rings is 1. The molecule has 17 heavy (non-hydrogen) atoms. The Morgan fingerprint density at radius 2 is 2.00 bits per heavy atom. The fourth-order valence-corrected chi connectivity index (χ4v) is 1.71. The van der Waals surface area contributed by atoms with Gasteiger partial charge in [-0.2, -0.15) is 0 Å². The Morgan fingerprint density at radius 1 is 1.47 bits per heavy atom. The second kappa shape index (κ2) is 4.18. The highest BCUT2D eigenvalue weighted by Gasteiger charge is 2.29. The van der Waals surface area contributed by atoms with Gasteiger partial charge in [-0.15, -0.1) is 0 Å². The van der Waals surface area contributed by atoms with Crippen LogP contribution < -0.4 is 10.9 Å². The Morgan fingerprint density at radius 3 is 2.35 bits per heavy atom. The van der Waals surface area contributed by atoms with E-state index in [1.807, 2.05) is 0 Å². The molecule has 94 valence electrons. The lowest BCUT2D eigenvalue weighted by molar-refractivity contribution is -0.389. The van der Waals surface area contributed by atoms with Crippen molar-refractivity contribution >= 4 is 21.5 Å². The second-order valence-electron chi connectivity index (χ2n) is 2.88. The average Bonchev–Trinajstić information content (AvgIpc) is 2.15. The predicted octanol–water partition coefficient (Wildman–Crippen LogP) is 0.157. The molecule has 0 aromatic carbocycles. The van der Waals surface area contributed by atoms with Gasteiger partial charge in [-0.1, -0.05) is 0 Å². The summed E-state index contributed by atoms with van der Waals surface area (Å²) in [5.41, 5.74) is 3.03. The topological polar surface area (TPSA) is 142 Å². The first kappa shape index (κ1) is 13.2. The van der Waals surface area contributed by atoms with E-state index in [2.05, 4.69) is 4.98 Å². The Hall–Kier alpha value is -1.88. The van der Waals surface area contributed by atoms with Crippen molar-refractivity contribution in [3.8, 4) is 0 Å². The van der Waals surface area contributed by atoms with Crippen LogP contribution >= 0.6 is 0 Å². The lowest BCUT2D eigenvalue weighted by Gasteiger charge is -2.05. The van der Waals surface area contributed by atoms with Crippen LogP contribution in [0.1, 0.15) is 12.1 Å². The fourth-order valence-electron chi connectivity index (χ4n) is 1.03. The van der Waals surface area contributed by atoms with E-state index in [9.17, 15) is 27.3 Å². The number of hydrogen-bond donors (Lipinski definition) is 2. The summed E-state index contributed by atoms with van der Waals surface area (Å²) in [5, 5.41) is 15.1. The molecule has 1 aromatic rings. The third-order valence-electron chi connectivity index (χ3n) is 1.74. The smallest absolute Gasteiger partial charge is 0.365 e. The molecule has 0 aliphatic carbocycles. The number of rotatable bonds is 3. The van der Waals surface area contributed by atoms with Crippen LogP contribution in [0.4, 0.5) is 20.3 Å². The lowest BCUT2D eigenvalue weighted by Crippen LogP contribution is -2.17. The minimum absolute atomic E-state index is 0.427. The van der Waals surface area contributed by atoms with E-state index in [4.69, 9.17) is 10.9 Å². The molecule has 0 unspecified atom stereocenters. The Bertz CT molecular complexity index is 574. The largest absolute Gasteiger partial charge is 0.394 e. The third kappa shape index (κ3) is 2.62. The van der Waals surface area contributed by atoms with Crippen molar-refractivity contribution in [2.24, 2.45) is 5.14 Å². The van der Waals surface area contributed by atoms with Crippen LogP contribution in [0.3, 0.4) is 0 Å². The van der Waals surface area contributed by atoms with Gasteiger partial charge in [0.2, 0.25) is 15.7 Å². The van der Waals surface area contributed by atoms with Crippen LogP contribution in [0.25, 0.3) is 0 Å². The minimum Gasteiger partial charge on any atom is -0.394 e. The van der Waals surface area contributed by atoms with Crippen molar-refractivity contribution in [1.29, 1.82) is 0 Å². The van der Waals surface area contributed by atoms with Gasteiger partial charge in [0.05, 0.1) is 6.07 Å². The van der Waals surface area contributed by atoms with Crippen LogP contribution in [-0.2, 0) is 10.0 Å². The van der Waals surface area contributed by atoms with Gasteiger partial charge in [0.25, 0.3) is 0 Å². The lowest BCUT2D eigenvalue weighted by atomic mass is 10.3. The van der Waals surface area contributed by atoms with Gasteiger partial charge in [-0.3, -0.25) is 0 Å². The van der Waals surface area contributed by atoms with E-state index in [1.165, 1.54) is 0 Å². The molecule has 0 spiro atoms. The van der Waals surface area contributed by atoms with E-state index < -0.39 is 43.5 Å². The van der Waals surface area contributed by atoms with Crippen molar-refractivity contribution in [2.45, 2.75) is 11.3 Å². The molecule has 0 aliphatic heterocycles. The molecule has 0 saturated carbocycles.